The molecule has 0 bridgehead atoms. The summed E-state index contributed by atoms with van der Waals surface area (Å²) in [6.45, 7) is 11.8. The van der Waals surface area contributed by atoms with Crippen LogP contribution in [0.4, 0.5) is 22.7 Å². The highest BCUT2D eigenvalue weighted by atomic mass is 28.3. The highest BCUT2D eigenvalue weighted by molar-refractivity contribution is 7.03. The molecule has 15 heteroatoms. The number of hydrogen-bond donors (Lipinski definition) is 1. The Morgan fingerprint density at radius 3 is 1.17 bits per heavy atom. The Kier molecular flexibility index (Phi) is 15.6. The molecule has 2 heterocycles. The summed E-state index contributed by atoms with van der Waals surface area (Å²) in [5.74, 6) is 0.164. The predicted octanol–water partition coefficient (Wildman–Crippen LogP) is 6.32. The van der Waals surface area contributed by atoms with Crippen molar-refractivity contribution in [2.75, 3.05) is 102 Å². The van der Waals surface area contributed by atoms with E-state index in [-0.39, 0.29) is 5.78 Å². The van der Waals surface area contributed by atoms with Gasteiger partial charge in [-0.25, -0.2) is 0 Å². The number of aliphatic imine (C=N–C) groups is 1. The van der Waals surface area contributed by atoms with E-state index < -0.39 is 16.1 Å². The SMILES string of the molecule is CN(C)c1ccc2c(c1)[Si](C)(C)c1cc(N(C)C)ccc1C2=NCCCN=[N+]=[N-].CN(C)c1ccc2c(c1)[Si](C)(C)c1cc(N(C)C)ccc1C2=O.[N-]=[N+]=NCCCN. The minimum atomic E-state index is -1.90. The molecule has 0 amide bonds. The lowest BCUT2D eigenvalue weighted by atomic mass is 10.00. The summed E-state index contributed by atoms with van der Waals surface area (Å²) in [5, 5.41) is 12.3. The Labute approximate surface area is 352 Å². The van der Waals surface area contributed by atoms with Gasteiger partial charge in [0.2, 0.25) is 0 Å². The van der Waals surface area contributed by atoms with Gasteiger partial charge >= 0.3 is 0 Å². The van der Waals surface area contributed by atoms with Gasteiger partial charge in [0.15, 0.2) is 5.78 Å². The molecular formula is C44H62N12OSi2. The van der Waals surface area contributed by atoms with Gasteiger partial charge in [-0.05, 0) is 112 Å². The maximum atomic E-state index is 13.0. The Hall–Kier alpha value is -5.57. The summed E-state index contributed by atoms with van der Waals surface area (Å²) >= 11 is 0. The molecule has 4 aromatic rings. The van der Waals surface area contributed by atoms with Crippen LogP contribution in [0, 0.1) is 0 Å². The van der Waals surface area contributed by atoms with Crippen LogP contribution >= 0.6 is 0 Å². The molecule has 0 radical (unpaired) electrons. The van der Waals surface area contributed by atoms with E-state index in [1.165, 1.54) is 43.2 Å². The maximum Gasteiger partial charge on any atom is 0.192 e. The largest absolute Gasteiger partial charge is 0.378 e. The third-order valence-electron chi connectivity index (χ3n) is 11.0. The van der Waals surface area contributed by atoms with Crippen molar-refractivity contribution in [1.82, 2.24) is 0 Å². The number of anilines is 4. The molecule has 6 rings (SSSR count). The third kappa shape index (κ3) is 10.4. The van der Waals surface area contributed by atoms with E-state index in [2.05, 4.69) is 143 Å². The van der Waals surface area contributed by atoms with Crippen molar-refractivity contribution in [2.45, 2.75) is 39.0 Å². The van der Waals surface area contributed by atoms with E-state index in [0.717, 1.165) is 41.1 Å². The van der Waals surface area contributed by atoms with Crippen LogP contribution in [0.5, 0.6) is 0 Å². The fourth-order valence-electron chi connectivity index (χ4n) is 7.45. The van der Waals surface area contributed by atoms with Crippen LogP contribution in [0.15, 0.2) is 88.0 Å². The van der Waals surface area contributed by atoms with Gasteiger partial charge in [-0.1, -0.05) is 48.5 Å². The normalized spacial score (nSPS) is 13.5. The number of fused-ring (bicyclic) bond motifs is 4. The Morgan fingerprint density at radius 1 is 0.525 bits per heavy atom. The molecular weight excluding hydrogens is 769 g/mol. The summed E-state index contributed by atoms with van der Waals surface area (Å²) in [4.78, 5) is 31.8. The number of ketones is 1. The quantitative estimate of drug-likeness (QED) is 0.0611. The lowest BCUT2D eigenvalue weighted by molar-refractivity contribution is 0.104. The van der Waals surface area contributed by atoms with Gasteiger partial charge in [0.05, 0.1) is 5.71 Å². The highest BCUT2D eigenvalue weighted by Gasteiger charge is 2.40. The molecule has 0 aromatic heterocycles. The van der Waals surface area contributed by atoms with E-state index >= 15 is 0 Å². The molecule has 0 unspecified atom stereocenters. The number of carbonyl (C=O) groups is 1. The van der Waals surface area contributed by atoms with Crippen LogP contribution in [0.25, 0.3) is 20.9 Å². The van der Waals surface area contributed by atoms with Gasteiger partial charge in [-0.15, -0.1) is 0 Å². The van der Waals surface area contributed by atoms with E-state index in [1.54, 1.807) is 0 Å². The fourth-order valence-corrected chi connectivity index (χ4v) is 13.6. The Balaban J connectivity index is 0.000000229. The number of rotatable bonds is 11. The second-order valence-electron chi connectivity index (χ2n) is 16.7. The van der Waals surface area contributed by atoms with Crippen molar-refractivity contribution in [3.63, 3.8) is 0 Å². The van der Waals surface area contributed by atoms with E-state index in [9.17, 15) is 4.79 Å². The lowest BCUT2D eigenvalue weighted by Crippen LogP contribution is -2.60. The van der Waals surface area contributed by atoms with Gasteiger partial charge in [-0.3, -0.25) is 9.79 Å². The summed E-state index contributed by atoms with van der Waals surface area (Å²) < 4.78 is 0. The standard InChI is InChI=1S/C22H30N6Si.C19H24N2OSi.C3H8N4/c1-27(2)16-8-10-18-20(14-16)29(5,6)21-15-17(28(3)4)9-11-19(21)22(18)24-12-7-13-25-26-23;1-20(2)13-7-9-15-17(11-13)23(5,6)18-12-14(21(3)4)8-10-16(18)19(15)22;4-2-1-3-6-7-5/h8-11,14-15H,7,12-13H2,1-6H3;7-12H,1-6H3;1-4H2. The van der Waals surface area contributed by atoms with E-state index in [1.807, 2.05) is 52.5 Å². The number of benzene rings is 4. The summed E-state index contributed by atoms with van der Waals surface area (Å²) in [6, 6.07) is 26.0. The monoisotopic (exact) mass is 830 g/mol. The van der Waals surface area contributed by atoms with Gasteiger partial charge < -0.3 is 25.3 Å². The molecule has 0 aliphatic carbocycles. The molecule has 0 fully saturated rings. The van der Waals surface area contributed by atoms with Crippen molar-refractivity contribution in [3.05, 3.63) is 116 Å². The van der Waals surface area contributed by atoms with Crippen molar-refractivity contribution in [2.24, 2.45) is 21.0 Å². The topological polar surface area (TPSA) is 166 Å². The van der Waals surface area contributed by atoms with Crippen LogP contribution in [-0.2, 0) is 0 Å². The molecule has 4 aromatic carbocycles. The molecule has 2 N–H and O–H groups in total. The molecule has 0 spiro atoms. The third-order valence-corrected chi connectivity index (χ3v) is 18.1. The van der Waals surface area contributed by atoms with Gasteiger partial charge in [0, 0.05) is 131 Å². The van der Waals surface area contributed by atoms with E-state index in [4.69, 9.17) is 21.8 Å². The summed E-state index contributed by atoms with van der Waals surface area (Å²) in [5.41, 5.74) is 31.4. The molecule has 312 valence electrons. The first-order chi connectivity index (χ1) is 27.9. The van der Waals surface area contributed by atoms with Gasteiger partial charge in [-0.2, -0.15) is 0 Å². The van der Waals surface area contributed by atoms with Gasteiger partial charge in [0.25, 0.3) is 0 Å². The maximum absolute atomic E-state index is 13.0. The van der Waals surface area contributed by atoms with Crippen molar-refractivity contribution < 1.29 is 4.79 Å². The number of azide groups is 2. The summed E-state index contributed by atoms with van der Waals surface area (Å²) in [7, 11) is 12.7. The lowest BCUT2D eigenvalue weighted by Gasteiger charge is -2.36. The molecule has 0 saturated heterocycles. The highest BCUT2D eigenvalue weighted by Crippen LogP contribution is 2.28. The minimum Gasteiger partial charge on any atom is -0.378 e. The summed E-state index contributed by atoms with van der Waals surface area (Å²) in [6.07, 6.45) is 1.54. The number of nitrogens with two attached hydrogens (primary N) is 1. The molecule has 13 nitrogen and oxygen atoms in total. The van der Waals surface area contributed by atoms with Crippen molar-refractivity contribution in [3.8, 4) is 0 Å². The Bertz CT molecular complexity index is 2140. The first-order valence-corrected chi connectivity index (χ1v) is 26.0. The molecule has 0 atom stereocenters. The van der Waals surface area contributed by atoms with Crippen molar-refractivity contribution >= 4 is 71.1 Å². The zero-order valence-corrected chi connectivity index (χ0v) is 39.1. The average Bonchev–Trinajstić information content (AvgIpc) is 3.21. The predicted molar refractivity (Wildman–Crippen MR) is 257 cm³/mol. The van der Waals surface area contributed by atoms with Crippen LogP contribution in [-0.4, -0.2) is 110 Å². The zero-order valence-electron chi connectivity index (χ0n) is 37.1. The Morgan fingerprint density at radius 2 is 0.847 bits per heavy atom. The first kappa shape index (κ1) is 46.1. The van der Waals surface area contributed by atoms with Crippen molar-refractivity contribution in [1.29, 1.82) is 0 Å². The minimum absolute atomic E-state index is 0.164. The first-order valence-electron chi connectivity index (χ1n) is 20.0. The molecule has 2 aliphatic heterocycles. The number of carbonyl (C=O) groups excluding carboxylic acids is 1. The average molecular weight is 831 g/mol. The molecule has 59 heavy (non-hydrogen) atoms. The van der Waals surface area contributed by atoms with E-state index in [0.29, 0.717) is 26.2 Å². The fraction of sp³-hybridized carbons (Fsp3) is 0.409. The van der Waals surface area contributed by atoms with Crippen LogP contribution in [0.3, 0.4) is 0 Å². The van der Waals surface area contributed by atoms with Crippen LogP contribution < -0.4 is 46.1 Å². The zero-order chi connectivity index (χ0) is 43.7. The van der Waals surface area contributed by atoms with Crippen LogP contribution in [0.2, 0.25) is 26.2 Å². The second-order valence-corrected chi connectivity index (χ2v) is 25.4. The molecule has 0 saturated carbocycles. The number of hydrogen-bond acceptors (Lipinski definition) is 9. The smallest absolute Gasteiger partial charge is 0.192 e. The molecule has 2 aliphatic rings. The van der Waals surface area contributed by atoms with Crippen LogP contribution in [0.1, 0.15) is 39.9 Å². The second kappa shape index (κ2) is 19.9. The van der Waals surface area contributed by atoms with Gasteiger partial charge in [0.1, 0.15) is 16.1 Å². The number of nitrogens with zero attached hydrogens (tertiary/aromatic N) is 11.